The molecular weight excluding hydrogens is 270 g/mol. The molecule has 0 aromatic heterocycles. The first kappa shape index (κ1) is 16.7. The molecule has 0 radical (unpaired) electrons. The molecule has 1 rings (SSSR count). The van der Waals surface area contributed by atoms with Crippen molar-refractivity contribution in [2.45, 2.75) is 31.9 Å². The first-order valence-corrected chi connectivity index (χ1v) is 9.77. The second-order valence-electron chi connectivity index (χ2n) is 4.80. The highest BCUT2D eigenvalue weighted by Crippen LogP contribution is 2.12. The van der Waals surface area contributed by atoms with Crippen LogP contribution in [0.1, 0.15) is 18.4 Å². The van der Waals surface area contributed by atoms with Crippen LogP contribution in [0.3, 0.4) is 0 Å². The molecule has 5 heteroatoms. The van der Waals surface area contributed by atoms with Gasteiger partial charge in [0.25, 0.3) is 0 Å². The van der Waals surface area contributed by atoms with E-state index >= 15 is 0 Å². The number of carbonyl (C=O) groups is 1. The number of nitrogens with one attached hydrogen (secondary N) is 1. The van der Waals surface area contributed by atoms with Gasteiger partial charge in [-0.15, -0.1) is 0 Å². The van der Waals surface area contributed by atoms with Crippen LogP contribution in [0.4, 0.5) is 0 Å². The van der Waals surface area contributed by atoms with E-state index < -0.39 is 0 Å². The summed E-state index contributed by atoms with van der Waals surface area (Å²) < 4.78 is 5.44. The summed E-state index contributed by atoms with van der Waals surface area (Å²) in [7, 11) is 0.117. The van der Waals surface area contributed by atoms with Crippen molar-refractivity contribution in [3.63, 3.8) is 0 Å². The molecule has 2 N–H and O–H groups in total. The minimum atomic E-state index is 0.0803. The molecule has 0 fully saturated rings. The smallest absolute Gasteiger partial charge is 0.224 e. The van der Waals surface area contributed by atoms with Crippen molar-refractivity contribution in [2.75, 3.05) is 19.8 Å². The molecule has 0 aliphatic carbocycles. The summed E-state index contributed by atoms with van der Waals surface area (Å²) in [5.74, 6) is 0.854. The molecule has 0 aliphatic rings. The van der Waals surface area contributed by atoms with E-state index in [-0.39, 0.29) is 22.0 Å². The number of rotatable bonds is 10. The van der Waals surface area contributed by atoms with Crippen LogP contribution in [0.25, 0.3) is 0 Å². The van der Waals surface area contributed by atoms with Crippen LogP contribution in [0.15, 0.2) is 24.3 Å². The van der Waals surface area contributed by atoms with E-state index in [0.29, 0.717) is 19.4 Å². The number of amides is 1. The van der Waals surface area contributed by atoms with Crippen molar-refractivity contribution in [3.05, 3.63) is 29.8 Å². The maximum Gasteiger partial charge on any atom is 0.224 e. The summed E-state index contributed by atoms with van der Waals surface area (Å²) in [5, 5.41) is 11.6. The largest absolute Gasteiger partial charge is 0.494 e. The Morgan fingerprint density at radius 3 is 2.70 bits per heavy atom. The van der Waals surface area contributed by atoms with Gasteiger partial charge in [0.05, 0.1) is 13.0 Å². The van der Waals surface area contributed by atoms with Gasteiger partial charge in [0.15, 0.2) is 0 Å². The molecule has 1 amide bonds. The van der Waals surface area contributed by atoms with Gasteiger partial charge in [-0.1, -0.05) is 24.7 Å². The third-order valence-electron chi connectivity index (χ3n) is 2.96. The van der Waals surface area contributed by atoms with Crippen molar-refractivity contribution in [1.82, 2.24) is 5.32 Å². The van der Waals surface area contributed by atoms with Crippen molar-refractivity contribution in [2.24, 2.45) is 0 Å². The fraction of sp³-hybridized carbons (Fsp3) is 0.533. The average molecular weight is 295 g/mol. The van der Waals surface area contributed by atoms with E-state index in [9.17, 15) is 4.79 Å². The zero-order valence-electron chi connectivity index (χ0n) is 12.2. The Balaban J connectivity index is 2.27. The van der Waals surface area contributed by atoms with Crippen LogP contribution in [0.2, 0.25) is 12.6 Å². The van der Waals surface area contributed by atoms with Crippen LogP contribution in [0, 0.1) is 0 Å². The molecule has 0 atom stereocenters. The summed E-state index contributed by atoms with van der Waals surface area (Å²) in [6, 6.07) is 8.84. The topological polar surface area (TPSA) is 58.6 Å². The highest BCUT2D eigenvalue weighted by Gasteiger charge is 2.03. The molecule has 1 aromatic rings. The Bertz CT molecular complexity index is 381. The van der Waals surface area contributed by atoms with Gasteiger partial charge in [0, 0.05) is 29.1 Å². The summed E-state index contributed by atoms with van der Waals surface area (Å²) >= 11 is 0. The van der Waals surface area contributed by atoms with Crippen LogP contribution in [-0.2, 0) is 11.2 Å². The Kier molecular flexibility index (Phi) is 8.74. The van der Waals surface area contributed by atoms with E-state index in [1.54, 1.807) is 0 Å². The minimum Gasteiger partial charge on any atom is -0.494 e. The Hall–Kier alpha value is -1.33. The van der Waals surface area contributed by atoms with E-state index in [1.165, 1.54) is 6.04 Å². The lowest BCUT2D eigenvalue weighted by atomic mass is 10.1. The molecule has 0 bridgehead atoms. The van der Waals surface area contributed by atoms with Gasteiger partial charge < -0.3 is 15.2 Å². The maximum atomic E-state index is 11.7. The number of hydrogen-bond donors (Lipinski definition) is 2. The van der Waals surface area contributed by atoms with Crippen molar-refractivity contribution in [3.8, 4) is 5.75 Å². The average Bonchev–Trinajstić information content (AvgIpc) is 2.46. The monoisotopic (exact) mass is 295 g/mol. The summed E-state index contributed by atoms with van der Waals surface area (Å²) in [5.41, 5.74) is 0.988. The Morgan fingerprint density at radius 2 is 2.05 bits per heavy atom. The first-order chi connectivity index (χ1) is 9.76. The van der Waals surface area contributed by atoms with Crippen molar-refractivity contribution >= 4 is 15.4 Å². The van der Waals surface area contributed by atoms with Gasteiger partial charge in [0.1, 0.15) is 5.75 Å². The number of hydrogen-bond acceptors (Lipinski definition) is 3. The molecule has 20 heavy (non-hydrogen) atoms. The Morgan fingerprint density at radius 1 is 1.30 bits per heavy atom. The Labute approximate surface area is 123 Å². The van der Waals surface area contributed by atoms with E-state index in [0.717, 1.165) is 24.3 Å². The van der Waals surface area contributed by atoms with Crippen LogP contribution >= 0.6 is 0 Å². The van der Waals surface area contributed by atoms with Crippen LogP contribution < -0.4 is 10.1 Å². The maximum absolute atomic E-state index is 11.7. The quantitative estimate of drug-likeness (QED) is 0.502. The van der Waals surface area contributed by atoms with Gasteiger partial charge in [-0.3, -0.25) is 4.79 Å². The summed E-state index contributed by atoms with van der Waals surface area (Å²) in [6.07, 6.45) is 2.15. The SMILES string of the molecule is C[SiH2]CCCNC(=O)Cc1ccc(OCCCO)cc1. The molecule has 0 aliphatic heterocycles. The number of aliphatic hydroxyl groups excluding tert-OH is 1. The van der Waals surface area contributed by atoms with E-state index in [2.05, 4.69) is 11.9 Å². The fourth-order valence-corrected chi connectivity index (χ4v) is 2.56. The third kappa shape index (κ3) is 7.30. The minimum absolute atomic E-state index is 0.0803. The van der Waals surface area contributed by atoms with Crippen LogP contribution in [-0.4, -0.2) is 40.3 Å². The normalized spacial score (nSPS) is 10.9. The number of ether oxygens (including phenoxy) is 1. The van der Waals surface area contributed by atoms with Gasteiger partial charge in [0.2, 0.25) is 5.91 Å². The first-order valence-electron chi connectivity index (χ1n) is 7.35. The predicted molar refractivity (Wildman–Crippen MR) is 84.2 cm³/mol. The van der Waals surface area contributed by atoms with Gasteiger partial charge in [-0.25, -0.2) is 0 Å². The predicted octanol–water partition coefficient (Wildman–Crippen LogP) is 1.13. The zero-order valence-corrected chi connectivity index (χ0v) is 13.6. The van der Waals surface area contributed by atoms with E-state index in [4.69, 9.17) is 9.84 Å². The van der Waals surface area contributed by atoms with Gasteiger partial charge >= 0.3 is 0 Å². The zero-order chi connectivity index (χ0) is 14.6. The van der Waals surface area contributed by atoms with Gasteiger partial charge in [-0.05, 0) is 24.1 Å². The molecule has 0 unspecified atom stereocenters. The second-order valence-corrected chi connectivity index (χ2v) is 6.51. The lowest BCUT2D eigenvalue weighted by Crippen LogP contribution is -2.26. The molecule has 1 aromatic carbocycles. The van der Waals surface area contributed by atoms with Crippen molar-refractivity contribution < 1.29 is 14.6 Å². The van der Waals surface area contributed by atoms with Crippen molar-refractivity contribution in [1.29, 1.82) is 0 Å². The summed E-state index contributed by atoms with van der Waals surface area (Å²) in [6.45, 7) is 3.73. The lowest BCUT2D eigenvalue weighted by molar-refractivity contribution is -0.120. The molecule has 112 valence electrons. The third-order valence-corrected chi connectivity index (χ3v) is 4.17. The number of carbonyl (C=O) groups excluding carboxylic acids is 1. The van der Waals surface area contributed by atoms with Gasteiger partial charge in [-0.2, -0.15) is 0 Å². The lowest BCUT2D eigenvalue weighted by Gasteiger charge is -2.07. The standard InChI is InChI=1S/C15H25NO3Si/c1-20-11-2-8-16-15(18)12-13-4-6-14(7-5-13)19-10-3-9-17/h4-7,17H,2-3,8-12,20H2,1H3,(H,16,18). The summed E-state index contributed by atoms with van der Waals surface area (Å²) in [4.78, 5) is 11.7. The highest BCUT2D eigenvalue weighted by atomic mass is 28.2. The fourth-order valence-electron chi connectivity index (χ4n) is 1.81. The molecular formula is C15H25NO3Si. The van der Waals surface area contributed by atoms with E-state index in [1.807, 2.05) is 24.3 Å². The molecule has 0 heterocycles. The number of benzene rings is 1. The molecule has 0 saturated heterocycles. The highest BCUT2D eigenvalue weighted by molar-refractivity contribution is 6.33. The second kappa shape index (κ2) is 10.5. The molecule has 4 nitrogen and oxygen atoms in total. The molecule has 0 spiro atoms. The van der Waals surface area contributed by atoms with Crippen LogP contribution in [0.5, 0.6) is 5.75 Å². The number of aliphatic hydroxyl groups is 1. The molecule has 0 saturated carbocycles.